The van der Waals surface area contributed by atoms with Crippen LogP contribution in [0.25, 0.3) is 0 Å². The van der Waals surface area contributed by atoms with Gasteiger partial charge in [0, 0.05) is 18.4 Å². The molecule has 0 amide bonds. The van der Waals surface area contributed by atoms with Gasteiger partial charge in [-0.25, -0.2) is 0 Å². The average Bonchev–Trinajstić information content (AvgIpc) is 2.05. The fourth-order valence-electron chi connectivity index (χ4n) is 1.66. The molecule has 0 N–H and O–H groups in total. The highest BCUT2D eigenvalue weighted by molar-refractivity contribution is 5.14. The summed E-state index contributed by atoms with van der Waals surface area (Å²) in [7, 11) is 0. The maximum absolute atomic E-state index is 2.38. The Morgan fingerprint density at radius 3 is 3.20 bits per heavy atom. The lowest BCUT2D eigenvalue weighted by atomic mass is 10.1. The van der Waals surface area contributed by atoms with Crippen molar-refractivity contribution in [3.05, 3.63) is 24.0 Å². The van der Waals surface area contributed by atoms with Crippen LogP contribution in [-0.4, -0.2) is 11.4 Å². The lowest BCUT2D eigenvalue weighted by Gasteiger charge is -2.30. The molecular formula is C9H13N. The van der Waals surface area contributed by atoms with Crippen LogP contribution in [0.1, 0.15) is 25.7 Å². The zero-order valence-electron chi connectivity index (χ0n) is 6.21. The fourth-order valence-corrected chi connectivity index (χ4v) is 1.66. The van der Waals surface area contributed by atoms with Gasteiger partial charge in [0.15, 0.2) is 0 Å². The zero-order valence-corrected chi connectivity index (χ0v) is 6.21. The van der Waals surface area contributed by atoms with Crippen LogP contribution in [0.15, 0.2) is 24.0 Å². The summed E-state index contributed by atoms with van der Waals surface area (Å²) in [5, 5.41) is 0. The Morgan fingerprint density at radius 1 is 1.30 bits per heavy atom. The number of allylic oxidation sites excluding steroid dienone is 3. The molecule has 0 aromatic heterocycles. The summed E-state index contributed by atoms with van der Waals surface area (Å²) in [5.41, 5.74) is 1.55. The second-order valence-corrected chi connectivity index (χ2v) is 2.97. The third-order valence-corrected chi connectivity index (χ3v) is 2.23. The smallest absolute Gasteiger partial charge is 0.0222 e. The van der Waals surface area contributed by atoms with E-state index in [2.05, 4.69) is 23.3 Å². The van der Waals surface area contributed by atoms with E-state index in [1.165, 1.54) is 25.8 Å². The topological polar surface area (TPSA) is 3.24 Å². The molecule has 10 heavy (non-hydrogen) atoms. The van der Waals surface area contributed by atoms with Gasteiger partial charge in [0.2, 0.25) is 0 Å². The highest BCUT2D eigenvalue weighted by Crippen LogP contribution is 2.23. The predicted molar refractivity (Wildman–Crippen MR) is 42.4 cm³/mol. The van der Waals surface area contributed by atoms with Gasteiger partial charge in [-0.05, 0) is 25.7 Å². The van der Waals surface area contributed by atoms with Crippen molar-refractivity contribution < 1.29 is 0 Å². The number of nitrogens with zero attached hydrogens (tertiary/aromatic N) is 1. The molecule has 0 radical (unpaired) electrons. The maximum atomic E-state index is 2.38. The molecule has 54 valence electrons. The second-order valence-electron chi connectivity index (χ2n) is 2.97. The van der Waals surface area contributed by atoms with Gasteiger partial charge in [-0.3, -0.25) is 0 Å². The molecule has 0 spiro atoms. The van der Waals surface area contributed by atoms with Crippen molar-refractivity contribution >= 4 is 0 Å². The lowest BCUT2D eigenvalue weighted by molar-refractivity contribution is 0.373. The number of hydrogen-bond acceptors (Lipinski definition) is 1. The summed E-state index contributed by atoms with van der Waals surface area (Å²) < 4.78 is 0. The van der Waals surface area contributed by atoms with Crippen LogP contribution < -0.4 is 0 Å². The van der Waals surface area contributed by atoms with E-state index >= 15 is 0 Å². The highest BCUT2D eigenvalue weighted by atomic mass is 15.1. The lowest BCUT2D eigenvalue weighted by Crippen LogP contribution is -2.23. The molecule has 2 aliphatic rings. The first-order valence-electron chi connectivity index (χ1n) is 4.09. The quantitative estimate of drug-likeness (QED) is 0.492. The maximum Gasteiger partial charge on any atom is 0.0222 e. The van der Waals surface area contributed by atoms with Crippen LogP contribution in [0, 0.1) is 0 Å². The Labute approximate surface area is 62.0 Å². The van der Waals surface area contributed by atoms with E-state index in [9.17, 15) is 0 Å². The molecule has 1 saturated heterocycles. The van der Waals surface area contributed by atoms with Crippen LogP contribution in [-0.2, 0) is 0 Å². The van der Waals surface area contributed by atoms with Gasteiger partial charge < -0.3 is 4.90 Å². The molecule has 0 unspecified atom stereocenters. The Hall–Kier alpha value is -0.720. The molecular weight excluding hydrogens is 122 g/mol. The van der Waals surface area contributed by atoms with E-state index in [0.717, 1.165) is 6.42 Å². The van der Waals surface area contributed by atoms with E-state index in [0.29, 0.717) is 0 Å². The first kappa shape index (κ1) is 6.02. The van der Waals surface area contributed by atoms with E-state index in [1.54, 1.807) is 5.70 Å². The highest BCUT2D eigenvalue weighted by Gasteiger charge is 2.12. The van der Waals surface area contributed by atoms with Crippen molar-refractivity contribution in [1.82, 2.24) is 4.90 Å². The third kappa shape index (κ3) is 0.962. The minimum Gasteiger partial charge on any atom is -0.352 e. The van der Waals surface area contributed by atoms with Crippen LogP contribution in [0.3, 0.4) is 0 Å². The number of hydrogen-bond donors (Lipinski definition) is 0. The van der Waals surface area contributed by atoms with Crippen molar-refractivity contribution in [3.8, 4) is 0 Å². The van der Waals surface area contributed by atoms with E-state index < -0.39 is 0 Å². The van der Waals surface area contributed by atoms with Crippen molar-refractivity contribution in [3.63, 3.8) is 0 Å². The van der Waals surface area contributed by atoms with E-state index in [1.807, 2.05) is 0 Å². The van der Waals surface area contributed by atoms with Crippen molar-refractivity contribution in [2.75, 3.05) is 6.54 Å². The van der Waals surface area contributed by atoms with Gasteiger partial charge in [-0.2, -0.15) is 0 Å². The zero-order chi connectivity index (χ0) is 6.81. The summed E-state index contributed by atoms with van der Waals surface area (Å²) in [4.78, 5) is 2.38. The fraction of sp³-hybridized carbons (Fsp3) is 0.556. The number of fused-ring (bicyclic) bond motifs is 1. The first-order chi connectivity index (χ1) is 4.97. The van der Waals surface area contributed by atoms with Gasteiger partial charge in [-0.15, -0.1) is 0 Å². The SMILES string of the molecule is C1=CN2CCCCC2=CC1. The summed E-state index contributed by atoms with van der Waals surface area (Å²) in [6, 6.07) is 0. The monoisotopic (exact) mass is 135 g/mol. The van der Waals surface area contributed by atoms with Gasteiger partial charge in [0.25, 0.3) is 0 Å². The summed E-state index contributed by atoms with van der Waals surface area (Å²) >= 11 is 0. The standard InChI is InChI=1S/C9H13N/c1-3-7-10-8-4-2-6-9(10)5-1/h3,5,7H,1-2,4,6,8H2. The second kappa shape index (κ2) is 2.49. The molecule has 0 aromatic carbocycles. The van der Waals surface area contributed by atoms with Gasteiger partial charge >= 0.3 is 0 Å². The van der Waals surface area contributed by atoms with Gasteiger partial charge in [-0.1, -0.05) is 12.2 Å². The largest absolute Gasteiger partial charge is 0.352 e. The predicted octanol–water partition coefficient (Wildman–Crippen LogP) is 2.27. The minimum atomic E-state index is 1.14. The molecule has 1 fully saturated rings. The van der Waals surface area contributed by atoms with E-state index in [4.69, 9.17) is 0 Å². The molecule has 1 heteroatoms. The van der Waals surface area contributed by atoms with Crippen LogP contribution in [0.5, 0.6) is 0 Å². The molecule has 1 nitrogen and oxygen atoms in total. The molecule has 0 bridgehead atoms. The van der Waals surface area contributed by atoms with Gasteiger partial charge in [0.05, 0.1) is 0 Å². The Balaban J connectivity index is 2.13. The molecule has 0 aromatic rings. The van der Waals surface area contributed by atoms with Crippen LogP contribution in [0.4, 0.5) is 0 Å². The average molecular weight is 135 g/mol. The summed E-state index contributed by atoms with van der Waals surface area (Å²) in [6.45, 7) is 1.24. The summed E-state index contributed by atoms with van der Waals surface area (Å²) in [6.07, 6.45) is 12.0. The van der Waals surface area contributed by atoms with Crippen molar-refractivity contribution in [2.45, 2.75) is 25.7 Å². The van der Waals surface area contributed by atoms with Gasteiger partial charge in [0.1, 0.15) is 0 Å². The Kier molecular flexibility index (Phi) is 1.50. The third-order valence-electron chi connectivity index (χ3n) is 2.23. The molecule has 0 saturated carbocycles. The molecule has 2 heterocycles. The molecule has 2 rings (SSSR count). The van der Waals surface area contributed by atoms with E-state index in [-0.39, 0.29) is 0 Å². The molecule has 0 atom stereocenters. The van der Waals surface area contributed by atoms with Crippen molar-refractivity contribution in [1.29, 1.82) is 0 Å². The van der Waals surface area contributed by atoms with Crippen LogP contribution in [0.2, 0.25) is 0 Å². The Bertz CT molecular complexity index is 179. The van der Waals surface area contributed by atoms with Crippen molar-refractivity contribution in [2.24, 2.45) is 0 Å². The number of rotatable bonds is 0. The van der Waals surface area contributed by atoms with Crippen LogP contribution >= 0.6 is 0 Å². The minimum absolute atomic E-state index is 1.14. The Morgan fingerprint density at radius 2 is 2.30 bits per heavy atom. The normalized spacial score (nSPS) is 24.0. The summed E-state index contributed by atoms with van der Waals surface area (Å²) in [5.74, 6) is 0. The first-order valence-corrected chi connectivity index (χ1v) is 4.09. The number of piperidine rings is 1. The molecule has 0 aliphatic carbocycles. The molecule has 2 aliphatic heterocycles.